The van der Waals surface area contributed by atoms with Gasteiger partial charge in [-0.2, -0.15) is 13.2 Å². The molecule has 1 aliphatic rings. The second-order valence-corrected chi connectivity index (χ2v) is 18.1. The molecular formula is C43H61F3N6O11S. The standard InChI is InChI=1S/C43H61F3N6O11S/c1-9-26(4)36(51(6)40(56)35(25(2)3)49-42(58)59)33(62-7)23-34(53)52-21-13-16-32(52)37(63-8)27(5)38(54)48-31(22-28-14-11-10-12-15-28)39(55)50-64(60,61)24-29-17-19-30(20-18-29)47-41(57)43(44,45)46/h10-12,14-15,17-20,25-27,31-33,35-37,49H,9,13,16,21-24H2,1-8H3,(H,47,57)(H,48,54)(H,50,55)(H,58,59)/t26-,27+,31-,32-,33-,35-,36-,37+/m0/s1. The van der Waals surface area contributed by atoms with Crippen LogP contribution in [0.25, 0.3) is 0 Å². The monoisotopic (exact) mass is 926 g/mol. The molecule has 1 aliphatic heterocycles. The molecule has 17 nitrogen and oxygen atoms in total. The zero-order valence-electron chi connectivity index (χ0n) is 37.3. The Morgan fingerprint density at radius 2 is 1.53 bits per heavy atom. The summed E-state index contributed by atoms with van der Waals surface area (Å²) < 4.78 is 78.1. The number of likely N-dealkylation sites (N-methyl/N-ethyl adjacent to an activating group) is 1. The van der Waals surface area contributed by atoms with E-state index in [0.717, 1.165) is 12.1 Å². The summed E-state index contributed by atoms with van der Waals surface area (Å²) in [6.45, 7) is 9.17. The van der Waals surface area contributed by atoms with E-state index in [4.69, 9.17) is 9.47 Å². The minimum atomic E-state index is -5.13. The first-order valence-corrected chi connectivity index (χ1v) is 22.6. The van der Waals surface area contributed by atoms with Crippen molar-refractivity contribution in [1.29, 1.82) is 0 Å². The number of alkyl halides is 3. The van der Waals surface area contributed by atoms with Crippen molar-refractivity contribution in [3.05, 3.63) is 65.7 Å². The number of likely N-dealkylation sites (tertiary alicyclic amines) is 1. The van der Waals surface area contributed by atoms with Crippen molar-refractivity contribution < 1.29 is 64.9 Å². The van der Waals surface area contributed by atoms with Gasteiger partial charge in [-0.1, -0.05) is 83.5 Å². The van der Waals surface area contributed by atoms with E-state index in [1.165, 1.54) is 31.3 Å². The zero-order valence-corrected chi connectivity index (χ0v) is 38.1. The van der Waals surface area contributed by atoms with E-state index >= 15 is 0 Å². The molecule has 0 bridgehead atoms. The van der Waals surface area contributed by atoms with E-state index in [2.05, 4.69) is 10.6 Å². The third kappa shape index (κ3) is 14.9. The van der Waals surface area contributed by atoms with Crippen molar-refractivity contribution in [2.45, 2.75) is 115 Å². The molecule has 356 valence electrons. The van der Waals surface area contributed by atoms with Gasteiger partial charge in [-0.15, -0.1) is 0 Å². The number of anilines is 1. The molecule has 1 heterocycles. The lowest BCUT2D eigenvalue weighted by molar-refractivity contribution is -0.167. The fourth-order valence-corrected chi connectivity index (χ4v) is 9.05. The maximum Gasteiger partial charge on any atom is 0.471 e. The summed E-state index contributed by atoms with van der Waals surface area (Å²) in [5.74, 6) is -7.01. The number of hydrogen-bond acceptors (Lipinski definition) is 10. The summed E-state index contributed by atoms with van der Waals surface area (Å²) in [6, 6.07) is 9.35. The van der Waals surface area contributed by atoms with E-state index in [-0.39, 0.29) is 41.8 Å². The van der Waals surface area contributed by atoms with Crippen molar-refractivity contribution in [2.24, 2.45) is 17.8 Å². The van der Waals surface area contributed by atoms with Gasteiger partial charge < -0.3 is 40.3 Å². The highest BCUT2D eigenvalue weighted by Crippen LogP contribution is 2.30. The Bertz CT molecular complexity index is 2030. The Hall–Kier alpha value is -5.28. The van der Waals surface area contributed by atoms with Crippen LogP contribution in [0.15, 0.2) is 54.6 Å². The average Bonchev–Trinajstić information content (AvgIpc) is 3.72. The van der Waals surface area contributed by atoms with Gasteiger partial charge in [-0.25, -0.2) is 13.2 Å². The summed E-state index contributed by atoms with van der Waals surface area (Å²) in [7, 11) is -0.0475. The summed E-state index contributed by atoms with van der Waals surface area (Å²) >= 11 is 0. The second-order valence-electron chi connectivity index (χ2n) is 16.4. The van der Waals surface area contributed by atoms with Crippen molar-refractivity contribution in [3.63, 3.8) is 0 Å². The number of carboxylic acid groups (broad SMARTS) is 1. The lowest BCUT2D eigenvalue weighted by Gasteiger charge is -2.40. The van der Waals surface area contributed by atoms with E-state index in [0.29, 0.717) is 31.4 Å². The van der Waals surface area contributed by atoms with Crippen molar-refractivity contribution in [2.75, 3.05) is 33.1 Å². The number of hydrogen-bond donors (Lipinski definition) is 5. The molecule has 1 fully saturated rings. The number of rotatable bonds is 22. The summed E-state index contributed by atoms with van der Waals surface area (Å²) in [5.41, 5.74) is 0.446. The predicted octanol–water partition coefficient (Wildman–Crippen LogP) is 4.07. The molecule has 21 heteroatoms. The van der Waals surface area contributed by atoms with Gasteiger partial charge in [0, 0.05) is 39.9 Å². The Kier molecular flexibility index (Phi) is 19.6. The molecule has 0 aromatic heterocycles. The molecule has 2 aromatic rings. The minimum Gasteiger partial charge on any atom is -0.465 e. The van der Waals surface area contributed by atoms with Crippen LogP contribution in [0.5, 0.6) is 0 Å². The highest BCUT2D eigenvalue weighted by atomic mass is 32.2. The fourth-order valence-electron chi connectivity index (χ4n) is 7.90. The average molecular weight is 927 g/mol. The molecule has 8 atom stereocenters. The normalized spacial score (nSPS) is 17.6. The van der Waals surface area contributed by atoms with Crippen molar-refractivity contribution in [3.8, 4) is 0 Å². The highest BCUT2D eigenvalue weighted by Gasteiger charge is 2.43. The van der Waals surface area contributed by atoms with Gasteiger partial charge in [0.2, 0.25) is 27.7 Å². The molecule has 3 rings (SSSR count). The van der Waals surface area contributed by atoms with Gasteiger partial charge in [-0.05, 0) is 47.9 Å². The number of halogens is 3. The number of ether oxygens (including phenoxy) is 2. The largest absolute Gasteiger partial charge is 0.471 e. The van der Waals surface area contributed by atoms with Crippen LogP contribution < -0.4 is 20.7 Å². The molecule has 6 amide bonds. The van der Waals surface area contributed by atoms with Crippen LogP contribution in [0, 0.1) is 17.8 Å². The molecule has 0 spiro atoms. The molecule has 0 saturated carbocycles. The lowest BCUT2D eigenvalue weighted by atomic mass is 9.89. The van der Waals surface area contributed by atoms with Crippen LogP contribution in [-0.2, 0) is 55.6 Å². The number of amides is 6. The van der Waals surface area contributed by atoms with Gasteiger partial charge in [0.25, 0.3) is 5.91 Å². The van der Waals surface area contributed by atoms with E-state index < -0.39 is 94.0 Å². The SMILES string of the molecule is CC[C@H](C)[C@@H]([C@H](CC(=O)N1CCC[C@H]1[C@H](OC)[C@@H](C)C(=O)N[C@@H](Cc1ccccc1)C(=O)NS(=O)(=O)Cc1ccc(NC(=O)C(F)(F)F)cc1)OC)N(C)C(=O)[C@@H](NC(=O)O)C(C)C. The molecule has 0 radical (unpaired) electrons. The van der Waals surface area contributed by atoms with Crippen LogP contribution in [0.4, 0.5) is 23.7 Å². The number of carbonyl (C=O) groups is 6. The molecule has 2 aromatic carbocycles. The topological polar surface area (TPSA) is 230 Å². The predicted molar refractivity (Wildman–Crippen MR) is 230 cm³/mol. The third-order valence-electron chi connectivity index (χ3n) is 11.5. The Balaban J connectivity index is 1.80. The second kappa shape index (κ2) is 23.6. The van der Waals surface area contributed by atoms with E-state index in [1.807, 2.05) is 18.6 Å². The smallest absolute Gasteiger partial charge is 0.465 e. The Morgan fingerprint density at radius 3 is 2.06 bits per heavy atom. The van der Waals surface area contributed by atoms with Gasteiger partial charge in [0.15, 0.2) is 0 Å². The van der Waals surface area contributed by atoms with Gasteiger partial charge in [0.05, 0.1) is 42.4 Å². The van der Waals surface area contributed by atoms with Gasteiger partial charge in [-0.3, -0.25) is 28.7 Å². The number of sulfonamides is 1. The van der Waals surface area contributed by atoms with Gasteiger partial charge in [0.1, 0.15) is 12.1 Å². The third-order valence-corrected chi connectivity index (χ3v) is 12.7. The Labute approximate surface area is 372 Å². The first-order chi connectivity index (χ1) is 29.9. The molecular weight excluding hydrogens is 866 g/mol. The maximum absolute atomic E-state index is 14.2. The number of methoxy groups -OCH3 is 2. The van der Waals surface area contributed by atoms with Crippen LogP contribution in [0.2, 0.25) is 0 Å². The lowest BCUT2D eigenvalue weighted by Crippen LogP contribution is -2.57. The van der Waals surface area contributed by atoms with Crippen LogP contribution in [-0.4, -0.2) is 129 Å². The first kappa shape index (κ1) is 53.1. The Morgan fingerprint density at radius 1 is 0.906 bits per heavy atom. The number of benzene rings is 2. The summed E-state index contributed by atoms with van der Waals surface area (Å²) in [4.78, 5) is 81.4. The number of nitrogens with one attached hydrogen (secondary N) is 4. The van der Waals surface area contributed by atoms with Crippen LogP contribution in [0.3, 0.4) is 0 Å². The summed E-state index contributed by atoms with van der Waals surface area (Å²) in [5, 5.41) is 16.0. The van der Waals surface area contributed by atoms with Crippen LogP contribution >= 0.6 is 0 Å². The number of nitrogens with zero attached hydrogens (tertiary/aromatic N) is 2. The van der Waals surface area contributed by atoms with Crippen molar-refractivity contribution in [1.82, 2.24) is 25.2 Å². The highest BCUT2D eigenvalue weighted by molar-refractivity contribution is 7.89. The van der Waals surface area contributed by atoms with Gasteiger partial charge >= 0.3 is 18.2 Å². The summed E-state index contributed by atoms with van der Waals surface area (Å²) in [6.07, 6.45) is -6.77. The van der Waals surface area contributed by atoms with E-state index in [9.17, 15) is 55.5 Å². The quantitative estimate of drug-likeness (QED) is 0.113. The van der Waals surface area contributed by atoms with E-state index in [1.54, 1.807) is 68.4 Å². The van der Waals surface area contributed by atoms with Crippen LogP contribution in [0.1, 0.15) is 71.4 Å². The maximum atomic E-state index is 14.2. The first-order valence-electron chi connectivity index (χ1n) is 20.9. The molecule has 0 aliphatic carbocycles. The van der Waals surface area contributed by atoms with Crippen molar-refractivity contribution >= 4 is 51.3 Å². The zero-order chi connectivity index (χ0) is 48.1. The fraction of sp³-hybridized carbons (Fsp3) is 0.581. The molecule has 5 N–H and O–H groups in total. The minimum absolute atomic E-state index is 0.0849. The molecule has 64 heavy (non-hydrogen) atoms. The molecule has 0 unspecified atom stereocenters. The number of carbonyl (C=O) groups excluding carboxylic acids is 5. The molecule has 1 saturated heterocycles.